The van der Waals surface area contributed by atoms with Crippen molar-refractivity contribution in [3.8, 4) is 0 Å². The maximum Gasteiger partial charge on any atom is 0.194 e. The van der Waals surface area contributed by atoms with E-state index in [0.717, 1.165) is 47.6 Å². The lowest BCUT2D eigenvalue weighted by molar-refractivity contribution is 0.471. The SMILES string of the molecule is CCNC(=NCCc1nnc2ccccn12)N(C)Cc1csc(C)n1. The Labute approximate surface area is 151 Å². The van der Waals surface area contributed by atoms with E-state index in [-0.39, 0.29) is 0 Å². The van der Waals surface area contributed by atoms with Gasteiger partial charge in [-0.3, -0.25) is 9.39 Å². The first-order valence-corrected chi connectivity index (χ1v) is 9.24. The number of hydrogen-bond donors (Lipinski definition) is 1. The van der Waals surface area contributed by atoms with Gasteiger partial charge in [0.05, 0.1) is 17.2 Å². The van der Waals surface area contributed by atoms with Gasteiger partial charge in [-0.05, 0) is 26.0 Å². The highest BCUT2D eigenvalue weighted by Gasteiger charge is 2.09. The maximum atomic E-state index is 4.72. The quantitative estimate of drug-likeness (QED) is 0.541. The molecule has 8 heteroatoms. The lowest BCUT2D eigenvalue weighted by Gasteiger charge is -2.21. The molecule has 25 heavy (non-hydrogen) atoms. The molecule has 0 saturated carbocycles. The number of aromatic nitrogens is 4. The molecule has 0 bridgehead atoms. The molecule has 1 N–H and O–H groups in total. The summed E-state index contributed by atoms with van der Waals surface area (Å²) in [6.07, 6.45) is 2.72. The molecule has 0 aliphatic heterocycles. The fourth-order valence-corrected chi connectivity index (χ4v) is 3.20. The molecule has 0 radical (unpaired) electrons. The molecule has 3 aromatic heterocycles. The van der Waals surface area contributed by atoms with Gasteiger partial charge in [-0.25, -0.2) is 4.98 Å². The molecule has 0 amide bonds. The molecule has 0 unspecified atom stereocenters. The van der Waals surface area contributed by atoms with Crippen LogP contribution in [0.15, 0.2) is 34.8 Å². The molecule has 7 nitrogen and oxygen atoms in total. The van der Waals surface area contributed by atoms with Crippen LogP contribution >= 0.6 is 11.3 Å². The average Bonchev–Trinajstić information content (AvgIpc) is 3.20. The number of aryl methyl sites for hydroxylation is 1. The molecule has 0 spiro atoms. The molecule has 0 fully saturated rings. The summed E-state index contributed by atoms with van der Waals surface area (Å²) in [4.78, 5) is 11.3. The van der Waals surface area contributed by atoms with E-state index in [0.29, 0.717) is 6.54 Å². The van der Waals surface area contributed by atoms with Gasteiger partial charge in [-0.15, -0.1) is 21.5 Å². The van der Waals surface area contributed by atoms with Crippen molar-refractivity contribution in [1.82, 2.24) is 29.8 Å². The van der Waals surface area contributed by atoms with Gasteiger partial charge in [0.15, 0.2) is 11.6 Å². The van der Waals surface area contributed by atoms with Crippen LogP contribution in [0.3, 0.4) is 0 Å². The van der Waals surface area contributed by atoms with Crippen molar-refractivity contribution in [2.24, 2.45) is 4.99 Å². The van der Waals surface area contributed by atoms with Crippen LogP contribution in [0.4, 0.5) is 0 Å². The normalized spacial score (nSPS) is 11.9. The van der Waals surface area contributed by atoms with Gasteiger partial charge >= 0.3 is 0 Å². The van der Waals surface area contributed by atoms with E-state index in [1.54, 1.807) is 11.3 Å². The van der Waals surface area contributed by atoms with Gasteiger partial charge in [0.1, 0.15) is 5.82 Å². The third-order valence-electron chi connectivity index (χ3n) is 3.74. The number of nitrogens with one attached hydrogen (secondary N) is 1. The van der Waals surface area contributed by atoms with E-state index in [4.69, 9.17) is 4.99 Å². The fourth-order valence-electron chi connectivity index (χ4n) is 2.59. The molecule has 132 valence electrons. The molecular formula is C17H23N7S. The summed E-state index contributed by atoms with van der Waals surface area (Å²) in [5.41, 5.74) is 1.93. The number of rotatable bonds is 6. The maximum absolute atomic E-state index is 4.72. The molecule has 0 aliphatic carbocycles. The van der Waals surface area contributed by atoms with E-state index in [1.807, 2.05) is 42.8 Å². The number of aliphatic imine (C=N–C) groups is 1. The van der Waals surface area contributed by atoms with Crippen LogP contribution in [0.5, 0.6) is 0 Å². The van der Waals surface area contributed by atoms with Crippen LogP contribution in [-0.2, 0) is 13.0 Å². The van der Waals surface area contributed by atoms with Crippen molar-refractivity contribution in [3.63, 3.8) is 0 Å². The Bertz CT molecular complexity index is 851. The van der Waals surface area contributed by atoms with E-state index >= 15 is 0 Å². The number of hydrogen-bond acceptors (Lipinski definition) is 5. The summed E-state index contributed by atoms with van der Waals surface area (Å²) < 4.78 is 2.00. The number of pyridine rings is 1. The Morgan fingerprint density at radius 1 is 1.36 bits per heavy atom. The largest absolute Gasteiger partial charge is 0.357 e. The highest BCUT2D eigenvalue weighted by Crippen LogP contribution is 2.10. The smallest absolute Gasteiger partial charge is 0.194 e. The summed E-state index contributed by atoms with van der Waals surface area (Å²) in [6, 6.07) is 5.90. The zero-order valence-electron chi connectivity index (χ0n) is 14.8. The van der Waals surface area contributed by atoms with Crippen molar-refractivity contribution < 1.29 is 0 Å². The Morgan fingerprint density at radius 3 is 3.00 bits per heavy atom. The Morgan fingerprint density at radius 2 is 2.24 bits per heavy atom. The second-order valence-electron chi connectivity index (χ2n) is 5.74. The first-order chi connectivity index (χ1) is 12.2. The standard InChI is InChI=1S/C17H23N7S/c1-4-18-17(23(3)11-14-12-25-13(2)20-14)19-9-8-16-22-21-15-7-5-6-10-24(15)16/h5-7,10,12H,4,8-9,11H2,1-3H3,(H,18,19). The van der Waals surface area contributed by atoms with Gasteiger partial charge < -0.3 is 10.2 Å². The van der Waals surface area contributed by atoms with E-state index in [2.05, 4.69) is 37.7 Å². The van der Waals surface area contributed by atoms with Crippen molar-refractivity contribution in [2.45, 2.75) is 26.8 Å². The average molecular weight is 357 g/mol. The number of thiazole rings is 1. The van der Waals surface area contributed by atoms with Crippen LogP contribution in [0.25, 0.3) is 5.65 Å². The first-order valence-electron chi connectivity index (χ1n) is 8.36. The van der Waals surface area contributed by atoms with Gasteiger partial charge in [0, 0.05) is 38.1 Å². The summed E-state index contributed by atoms with van der Waals surface area (Å²) in [6.45, 7) is 6.31. The Balaban J connectivity index is 1.65. The minimum Gasteiger partial charge on any atom is -0.357 e. The van der Waals surface area contributed by atoms with Crippen molar-refractivity contribution in [1.29, 1.82) is 0 Å². The predicted octanol–water partition coefficient (Wildman–Crippen LogP) is 2.13. The van der Waals surface area contributed by atoms with Gasteiger partial charge in [-0.2, -0.15) is 0 Å². The first kappa shape index (κ1) is 17.3. The zero-order valence-corrected chi connectivity index (χ0v) is 15.6. The second kappa shape index (κ2) is 8.06. The number of guanidine groups is 1. The molecule has 0 saturated heterocycles. The lowest BCUT2D eigenvalue weighted by atomic mass is 10.4. The van der Waals surface area contributed by atoms with E-state index < -0.39 is 0 Å². The predicted molar refractivity (Wildman–Crippen MR) is 101 cm³/mol. The van der Waals surface area contributed by atoms with Crippen LogP contribution in [-0.4, -0.2) is 50.6 Å². The van der Waals surface area contributed by atoms with Crippen molar-refractivity contribution >= 4 is 22.9 Å². The van der Waals surface area contributed by atoms with E-state index in [1.165, 1.54) is 0 Å². The summed E-state index contributed by atoms with van der Waals surface area (Å²) in [7, 11) is 2.03. The molecule has 3 heterocycles. The van der Waals surface area contributed by atoms with E-state index in [9.17, 15) is 0 Å². The van der Waals surface area contributed by atoms with Gasteiger partial charge in [-0.1, -0.05) is 6.07 Å². The van der Waals surface area contributed by atoms with Gasteiger partial charge in [0.25, 0.3) is 0 Å². The Kier molecular flexibility index (Phi) is 5.60. The Hall–Kier alpha value is -2.48. The number of fused-ring (bicyclic) bond motifs is 1. The molecule has 3 aromatic rings. The number of nitrogens with zero attached hydrogens (tertiary/aromatic N) is 6. The van der Waals surface area contributed by atoms with Crippen LogP contribution in [0.2, 0.25) is 0 Å². The molecular weight excluding hydrogens is 334 g/mol. The summed E-state index contributed by atoms with van der Waals surface area (Å²) in [5, 5.41) is 14.9. The molecule has 0 atom stereocenters. The second-order valence-corrected chi connectivity index (χ2v) is 6.81. The van der Waals surface area contributed by atoms with Crippen molar-refractivity contribution in [2.75, 3.05) is 20.1 Å². The molecule has 0 aromatic carbocycles. The minimum atomic E-state index is 0.651. The lowest BCUT2D eigenvalue weighted by Crippen LogP contribution is -2.38. The molecule has 3 rings (SSSR count). The molecule has 0 aliphatic rings. The van der Waals surface area contributed by atoms with Crippen LogP contribution < -0.4 is 5.32 Å². The zero-order chi connectivity index (χ0) is 17.6. The minimum absolute atomic E-state index is 0.651. The monoisotopic (exact) mass is 357 g/mol. The van der Waals surface area contributed by atoms with Gasteiger partial charge in [0.2, 0.25) is 0 Å². The van der Waals surface area contributed by atoms with Crippen LogP contribution in [0, 0.1) is 6.92 Å². The highest BCUT2D eigenvalue weighted by atomic mass is 32.1. The topological polar surface area (TPSA) is 70.7 Å². The third kappa shape index (κ3) is 4.33. The van der Waals surface area contributed by atoms with Crippen molar-refractivity contribution in [3.05, 3.63) is 46.3 Å². The third-order valence-corrected chi connectivity index (χ3v) is 4.57. The summed E-state index contributed by atoms with van der Waals surface area (Å²) >= 11 is 1.67. The van der Waals surface area contributed by atoms with Crippen LogP contribution in [0.1, 0.15) is 23.4 Å². The highest BCUT2D eigenvalue weighted by molar-refractivity contribution is 7.09. The fraction of sp³-hybridized carbons (Fsp3) is 0.412. The summed E-state index contributed by atoms with van der Waals surface area (Å²) in [5.74, 6) is 1.80.